The van der Waals surface area contributed by atoms with Crippen molar-refractivity contribution in [3.05, 3.63) is 29.8 Å². The van der Waals surface area contributed by atoms with Crippen molar-refractivity contribution in [2.75, 3.05) is 13.1 Å². The summed E-state index contributed by atoms with van der Waals surface area (Å²) >= 11 is 0. The molecule has 1 aromatic rings. The van der Waals surface area contributed by atoms with Crippen molar-refractivity contribution in [2.45, 2.75) is 51.6 Å². The van der Waals surface area contributed by atoms with Crippen molar-refractivity contribution in [2.24, 2.45) is 0 Å². The average Bonchev–Trinajstić information content (AvgIpc) is 2.42. The van der Waals surface area contributed by atoms with E-state index in [9.17, 15) is 13.2 Å². The summed E-state index contributed by atoms with van der Waals surface area (Å²) in [6.07, 6.45) is 0. The fraction of sp³-hybridized carbons (Fsp3) is 0.562. The molecule has 0 heterocycles. The lowest BCUT2D eigenvalue weighted by molar-refractivity contribution is 0.101. The standard InChI is InChI=1S/C16H26N2O3S/c1-12(2)18(13(3)4)11-10-17-22(20,21)16-8-6-15(7-9-16)14(5)19/h6-9,12-13,17H,10-11H2,1-5H3. The highest BCUT2D eigenvalue weighted by Gasteiger charge is 2.17. The van der Waals surface area contributed by atoms with Crippen LogP contribution in [-0.4, -0.2) is 44.3 Å². The predicted octanol–water partition coefficient (Wildman–Crippen LogP) is 2.29. The summed E-state index contributed by atoms with van der Waals surface area (Å²) in [5, 5.41) is 0. The number of carbonyl (C=O) groups is 1. The largest absolute Gasteiger partial charge is 0.297 e. The molecule has 0 spiro atoms. The Morgan fingerprint density at radius 3 is 2.00 bits per heavy atom. The van der Waals surface area contributed by atoms with Crippen LogP contribution in [0.25, 0.3) is 0 Å². The number of carbonyl (C=O) groups excluding carboxylic acids is 1. The van der Waals surface area contributed by atoms with E-state index in [0.717, 1.165) is 0 Å². The Balaban J connectivity index is 2.69. The molecule has 0 aliphatic carbocycles. The highest BCUT2D eigenvalue weighted by Crippen LogP contribution is 2.11. The number of nitrogens with zero attached hydrogens (tertiary/aromatic N) is 1. The van der Waals surface area contributed by atoms with Gasteiger partial charge in [0.1, 0.15) is 0 Å². The summed E-state index contributed by atoms with van der Waals surface area (Å²) in [5.74, 6) is -0.0820. The second-order valence-electron chi connectivity index (χ2n) is 5.90. The Labute approximate surface area is 133 Å². The molecule has 0 aliphatic rings. The number of nitrogens with one attached hydrogen (secondary N) is 1. The first-order valence-corrected chi connectivity index (χ1v) is 9.00. The number of hydrogen-bond donors (Lipinski definition) is 1. The van der Waals surface area contributed by atoms with Crippen molar-refractivity contribution in [1.29, 1.82) is 0 Å². The van der Waals surface area contributed by atoms with Crippen molar-refractivity contribution in [3.8, 4) is 0 Å². The van der Waals surface area contributed by atoms with Gasteiger partial charge >= 0.3 is 0 Å². The number of sulfonamides is 1. The fourth-order valence-electron chi connectivity index (χ4n) is 2.37. The quantitative estimate of drug-likeness (QED) is 0.744. The van der Waals surface area contributed by atoms with E-state index in [4.69, 9.17) is 0 Å². The van der Waals surface area contributed by atoms with Crippen LogP contribution in [-0.2, 0) is 10.0 Å². The van der Waals surface area contributed by atoms with E-state index in [-0.39, 0.29) is 10.7 Å². The third-order valence-electron chi connectivity index (χ3n) is 3.56. The number of benzene rings is 1. The van der Waals surface area contributed by atoms with E-state index in [1.54, 1.807) is 0 Å². The third kappa shape index (κ3) is 5.19. The molecule has 0 saturated heterocycles. The molecule has 0 radical (unpaired) electrons. The van der Waals surface area contributed by atoms with Crippen LogP contribution in [0.3, 0.4) is 0 Å². The monoisotopic (exact) mass is 326 g/mol. The first kappa shape index (κ1) is 18.8. The van der Waals surface area contributed by atoms with Crippen LogP contribution < -0.4 is 4.72 Å². The van der Waals surface area contributed by atoms with Gasteiger partial charge in [-0.15, -0.1) is 0 Å². The van der Waals surface area contributed by atoms with Gasteiger partial charge in [-0.3, -0.25) is 9.69 Å². The number of rotatable bonds is 8. The molecule has 0 aromatic heterocycles. The van der Waals surface area contributed by atoms with E-state index in [1.165, 1.54) is 31.2 Å². The zero-order valence-electron chi connectivity index (χ0n) is 14.0. The second-order valence-corrected chi connectivity index (χ2v) is 7.67. The minimum atomic E-state index is -3.54. The summed E-state index contributed by atoms with van der Waals surface area (Å²) in [6, 6.07) is 6.71. The van der Waals surface area contributed by atoms with E-state index >= 15 is 0 Å². The van der Waals surface area contributed by atoms with Gasteiger partial charge in [0.15, 0.2) is 5.78 Å². The topological polar surface area (TPSA) is 66.5 Å². The van der Waals surface area contributed by atoms with E-state index in [2.05, 4.69) is 37.3 Å². The van der Waals surface area contributed by atoms with Gasteiger partial charge in [-0.2, -0.15) is 0 Å². The van der Waals surface area contributed by atoms with Gasteiger partial charge in [-0.25, -0.2) is 13.1 Å². The Morgan fingerprint density at radius 2 is 1.59 bits per heavy atom. The zero-order valence-corrected chi connectivity index (χ0v) is 14.8. The fourth-order valence-corrected chi connectivity index (χ4v) is 3.39. The summed E-state index contributed by atoms with van der Waals surface area (Å²) in [6.45, 7) is 10.8. The Morgan fingerprint density at radius 1 is 1.09 bits per heavy atom. The zero-order chi connectivity index (χ0) is 16.9. The molecule has 0 bridgehead atoms. The molecule has 0 atom stereocenters. The maximum atomic E-state index is 12.2. The molecular weight excluding hydrogens is 300 g/mol. The van der Waals surface area contributed by atoms with Crippen molar-refractivity contribution < 1.29 is 13.2 Å². The summed E-state index contributed by atoms with van der Waals surface area (Å²) in [7, 11) is -3.54. The molecule has 124 valence electrons. The van der Waals surface area contributed by atoms with E-state index < -0.39 is 10.0 Å². The number of Topliss-reactive ketones (excluding diaryl/α,β-unsaturated/α-hetero) is 1. The third-order valence-corrected chi connectivity index (χ3v) is 5.04. The molecule has 22 heavy (non-hydrogen) atoms. The molecule has 1 aromatic carbocycles. The molecule has 0 amide bonds. The van der Waals surface area contributed by atoms with Gasteiger partial charge < -0.3 is 0 Å². The lowest BCUT2D eigenvalue weighted by atomic mass is 10.2. The first-order chi connectivity index (χ1) is 10.1. The average molecular weight is 326 g/mol. The van der Waals surface area contributed by atoms with Crippen LogP contribution in [0.1, 0.15) is 45.0 Å². The van der Waals surface area contributed by atoms with E-state index in [0.29, 0.717) is 30.7 Å². The van der Waals surface area contributed by atoms with Gasteiger partial charge in [0.25, 0.3) is 0 Å². The van der Waals surface area contributed by atoms with Crippen LogP contribution in [0.15, 0.2) is 29.2 Å². The molecule has 0 unspecified atom stereocenters. The van der Waals surface area contributed by atoms with Crippen LogP contribution in [0.5, 0.6) is 0 Å². The van der Waals surface area contributed by atoms with E-state index in [1.807, 2.05) is 0 Å². The van der Waals surface area contributed by atoms with Crippen LogP contribution >= 0.6 is 0 Å². The maximum Gasteiger partial charge on any atom is 0.240 e. The lowest BCUT2D eigenvalue weighted by Crippen LogP contribution is -2.42. The van der Waals surface area contributed by atoms with Gasteiger partial charge in [0.2, 0.25) is 10.0 Å². The van der Waals surface area contributed by atoms with Crippen molar-refractivity contribution >= 4 is 15.8 Å². The highest BCUT2D eigenvalue weighted by atomic mass is 32.2. The van der Waals surface area contributed by atoms with Crippen LogP contribution in [0.2, 0.25) is 0 Å². The number of ketones is 1. The summed E-state index contributed by atoms with van der Waals surface area (Å²) in [5.41, 5.74) is 0.504. The highest BCUT2D eigenvalue weighted by molar-refractivity contribution is 7.89. The lowest BCUT2D eigenvalue weighted by Gasteiger charge is -2.30. The summed E-state index contributed by atoms with van der Waals surface area (Å²) < 4.78 is 27.0. The van der Waals surface area contributed by atoms with Gasteiger partial charge in [0, 0.05) is 30.7 Å². The Bertz CT molecular complexity index is 584. The Kier molecular flexibility index (Phi) is 6.71. The molecule has 1 N–H and O–H groups in total. The molecule has 6 heteroatoms. The van der Waals surface area contributed by atoms with Gasteiger partial charge in [-0.05, 0) is 46.8 Å². The normalized spacial score (nSPS) is 12.4. The van der Waals surface area contributed by atoms with Crippen LogP contribution in [0.4, 0.5) is 0 Å². The molecule has 5 nitrogen and oxygen atoms in total. The minimum absolute atomic E-state index is 0.0820. The minimum Gasteiger partial charge on any atom is -0.297 e. The molecular formula is C16H26N2O3S. The second kappa shape index (κ2) is 7.85. The van der Waals surface area contributed by atoms with Gasteiger partial charge in [0.05, 0.1) is 4.90 Å². The van der Waals surface area contributed by atoms with Crippen LogP contribution in [0, 0.1) is 0 Å². The smallest absolute Gasteiger partial charge is 0.240 e. The SMILES string of the molecule is CC(=O)c1ccc(S(=O)(=O)NCCN(C(C)C)C(C)C)cc1. The maximum absolute atomic E-state index is 12.2. The first-order valence-electron chi connectivity index (χ1n) is 7.51. The molecule has 0 saturated carbocycles. The van der Waals surface area contributed by atoms with Crippen molar-refractivity contribution in [1.82, 2.24) is 9.62 Å². The number of hydrogen-bond acceptors (Lipinski definition) is 4. The molecule has 0 aliphatic heterocycles. The molecule has 0 fully saturated rings. The van der Waals surface area contributed by atoms with Crippen molar-refractivity contribution in [3.63, 3.8) is 0 Å². The predicted molar refractivity (Wildman–Crippen MR) is 88.6 cm³/mol. The molecule has 1 rings (SSSR count). The summed E-state index contributed by atoms with van der Waals surface area (Å²) in [4.78, 5) is 13.6. The Hall–Kier alpha value is -1.24. The van der Waals surface area contributed by atoms with Gasteiger partial charge in [-0.1, -0.05) is 12.1 Å².